The third-order valence-corrected chi connectivity index (χ3v) is 12.2. The summed E-state index contributed by atoms with van der Waals surface area (Å²) in [5.74, 6) is -2.69. The van der Waals surface area contributed by atoms with Crippen LogP contribution in [-0.2, 0) is 74.6 Å². The summed E-state index contributed by atoms with van der Waals surface area (Å²) in [6.07, 6.45) is 3.10. The third-order valence-electron chi connectivity index (χ3n) is 12.2. The molecule has 4 atom stereocenters. The van der Waals surface area contributed by atoms with Crippen LogP contribution in [0.1, 0.15) is 94.7 Å². The lowest BCUT2D eigenvalue weighted by molar-refractivity contribution is -0.175. The van der Waals surface area contributed by atoms with Crippen molar-refractivity contribution in [3.63, 3.8) is 0 Å². The first-order valence-corrected chi connectivity index (χ1v) is 23.2. The molecule has 3 amide bonds. The molecule has 4 aromatic rings. The zero-order chi connectivity index (χ0) is 49.1. The number of amides is 3. The number of hydrogen-bond acceptors (Lipinski definition) is 16. The Labute approximate surface area is 393 Å². The van der Waals surface area contributed by atoms with E-state index in [0.717, 1.165) is 22.2 Å². The molecule has 21 nitrogen and oxygen atoms in total. The highest BCUT2D eigenvalue weighted by molar-refractivity contribution is 5.91. The van der Waals surface area contributed by atoms with E-state index in [-0.39, 0.29) is 74.7 Å². The quantitative estimate of drug-likeness (QED) is 0.0439. The molecule has 0 saturated carbocycles. The molecule has 6 rings (SSSR count). The van der Waals surface area contributed by atoms with Crippen LogP contribution in [0, 0.1) is 12.8 Å². The number of aryl methyl sites for hydroxylation is 3. The average Bonchev–Trinajstić information content (AvgIpc) is 3.90. The number of phenols is 1. The largest absolute Gasteiger partial charge is 0.509 e. The maximum Gasteiger partial charge on any atom is 0.509 e. The number of carbonyl (C=O) groups excluding carboxylic acids is 5. The lowest BCUT2D eigenvalue weighted by Crippen LogP contribution is -2.53. The van der Waals surface area contributed by atoms with Crippen LogP contribution in [0.15, 0.2) is 35.3 Å². The number of aromatic nitrogens is 5. The van der Waals surface area contributed by atoms with Gasteiger partial charge in [0.25, 0.3) is 5.56 Å². The Balaban J connectivity index is 1.04. The summed E-state index contributed by atoms with van der Waals surface area (Å²) in [6.45, 7) is 11.2. The summed E-state index contributed by atoms with van der Waals surface area (Å²) in [5.41, 5.74) is 7.73. The van der Waals surface area contributed by atoms with Crippen LogP contribution >= 0.6 is 0 Å². The number of cyclic esters (lactones) is 1. The number of carbonyl (C=O) groups is 5. The molecular formula is C47H63N9O12. The van der Waals surface area contributed by atoms with Gasteiger partial charge in [-0.3, -0.25) is 23.9 Å². The van der Waals surface area contributed by atoms with Gasteiger partial charge in [0.2, 0.25) is 23.3 Å². The van der Waals surface area contributed by atoms with Crippen LogP contribution in [-0.4, -0.2) is 117 Å². The fraction of sp³-hybridized carbons (Fsp3) is 0.553. The number of ether oxygens (including phenoxy) is 5. The average molecular weight is 946 g/mol. The van der Waals surface area contributed by atoms with E-state index in [0.29, 0.717) is 55.7 Å². The molecule has 6 N–H and O–H groups in total. The Kier molecular flexibility index (Phi) is 17.3. The van der Waals surface area contributed by atoms with Crippen LogP contribution in [0.5, 0.6) is 5.75 Å². The van der Waals surface area contributed by atoms with Crippen molar-refractivity contribution in [2.75, 3.05) is 39.5 Å². The molecule has 0 aliphatic carbocycles. The minimum atomic E-state index is -2.04. The van der Waals surface area contributed by atoms with Gasteiger partial charge in [-0.15, -0.1) is 5.10 Å². The van der Waals surface area contributed by atoms with E-state index in [9.17, 15) is 33.9 Å². The molecule has 1 aromatic carbocycles. The molecule has 2 aliphatic rings. The number of pyridine rings is 2. The molecule has 0 fully saturated rings. The Morgan fingerprint density at radius 1 is 1.01 bits per heavy atom. The molecule has 0 saturated heterocycles. The molecule has 368 valence electrons. The minimum absolute atomic E-state index is 0.0724. The third kappa shape index (κ3) is 12.0. The molecule has 3 aromatic heterocycles. The number of nitrogens with two attached hydrogens (primary N) is 1. The molecule has 0 bridgehead atoms. The maximum atomic E-state index is 14.1. The summed E-state index contributed by atoms with van der Waals surface area (Å²) in [7, 11) is 0. The van der Waals surface area contributed by atoms with Gasteiger partial charge in [0.15, 0.2) is 0 Å². The van der Waals surface area contributed by atoms with Gasteiger partial charge in [0.1, 0.15) is 38.2 Å². The summed E-state index contributed by atoms with van der Waals surface area (Å²) >= 11 is 0. The Bertz CT molecular complexity index is 2540. The first-order valence-electron chi connectivity index (χ1n) is 23.2. The molecule has 2 aliphatic heterocycles. The van der Waals surface area contributed by atoms with Gasteiger partial charge in [-0.25, -0.2) is 14.6 Å². The molecule has 0 radical (unpaired) electrons. The fourth-order valence-corrected chi connectivity index (χ4v) is 8.36. The second kappa shape index (κ2) is 23.0. The summed E-state index contributed by atoms with van der Waals surface area (Å²) in [4.78, 5) is 85.2. The van der Waals surface area contributed by atoms with E-state index in [1.807, 2.05) is 27.0 Å². The van der Waals surface area contributed by atoms with Crippen molar-refractivity contribution in [2.45, 2.75) is 124 Å². The fourth-order valence-electron chi connectivity index (χ4n) is 8.36. The predicted molar refractivity (Wildman–Crippen MR) is 246 cm³/mol. The van der Waals surface area contributed by atoms with Crippen molar-refractivity contribution in [3.8, 4) is 17.1 Å². The molecule has 0 spiro atoms. The van der Waals surface area contributed by atoms with Crippen LogP contribution in [0.25, 0.3) is 22.3 Å². The first-order chi connectivity index (χ1) is 32.6. The lowest BCUT2D eigenvalue weighted by atomic mass is 9.85. The first kappa shape index (κ1) is 51.0. The second-order valence-electron chi connectivity index (χ2n) is 17.4. The maximum absolute atomic E-state index is 14.1. The Hall–Kier alpha value is -6.45. The molecule has 4 unspecified atom stereocenters. The van der Waals surface area contributed by atoms with Gasteiger partial charge in [-0.2, -0.15) is 0 Å². The van der Waals surface area contributed by atoms with Gasteiger partial charge in [-0.1, -0.05) is 32.9 Å². The molecule has 21 heteroatoms. The van der Waals surface area contributed by atoms with Crippen LogP contribution in [0.2, 0.25) is 0 Å². The van der Waals surface area contributed by atoms with Gasteiger partial charge >= 0.3 is 12.1 Å². The predicted octanol–water partition coefficient (Wildman–Crippen LogP) is 2.79. The van der Waals surface area contributed by atoms with Gasteiger partial charge in [0.05, 0.1) is 53.5 Å². The van der Waals surface area contributed by atoms with Crippen LogP contribution in [0.4, 0.5) is 4.79 Å². The number of aromatic hydroxyl groups is 1. The standard InChI is InChI=1S/C47H63N9O12/c1-7-31-32-19-30(57)12-13-36(32)51-42-33(31)22-56-39(42)20-35-34(44(56)61)23-66-45(62)47(35,8-2)68-46(63)67-24-38(27(3)4)52-43(60)37(11-9-10-15-48)50-41(59)26-64-25-40(58)49-16-18-65-29(6)14-17-55-21-28(5)53-54-55/h12-13,19-21,27,29,37-38,57H,7-11,14-18,22-26,48H2,1-6H3,(H,49,58)(H,50,59)(H,52,60). The zero-order valence-corrected chi connectivity index (χ0v) is 39.6. The minimum Gasteiger partial charge on any atom is -0.508 e. The van der Waals surface area contributed by atoms with Crippen molar-refractivity contribution < 1.29 is 52.8 Å². The van der Waals surface area contributed by atoms with E-state index in [1.54, 1.807) is 48.2 Å². The molecule has 68 heavy (non-hydrogen) atoms. The van der Waals surface area contributed by atoms with E-state index >= 15 is 0 Å². The highest BCUT2D eigenvalue weighted by Gasteiger charge is 2.51. The van der Waals surface area contributed by atoms with Gasteiger partial charge in [0, 0.05) is 35.8 Å². The summed E-state index contributed by atoms with van der Waals surface area (Å²) in [6, 6.07) is 4.76. The highest BCUT2D eigenvalue weighted by atomic mass is 16.7. The Morgan fingerprint density at radius 2 is 1.79 bits per heavy atom. The van der Waals surface area contributed by atoms with Crippen molar-refractivity contribution in [1.82, 2.24) is 40.5 Å². The van der Waals surface area contributed by atoms with E-state index < -0.39 is 66.3 Å². The van der Waals surface area contributed by atoms with Crippen LogP contribution in [0.3, 0.4) is 0 Å². The normalized spacial score (nSPS) is 16.3. The van der Waals surface area contributed by atoms with E-state index in [4.69, 9.17) is 34.4 Å². The molecule has 5 heterocycles. The number of phenolic OH excluding ortho intramolecular Hbond substituents is 1. The van der Waals surface area contributed by atoms with Crippen molar-refractivity contribution in [1.29, 1.82) is 0 Å². The van der Waals surface area contributed by atoms with Gasteiger partial charge in [-0.05, 0) is 94.7 Å². The SMILES string of the molecule is CCc1c2c(nc3ccc(O)cc13)-c1cc3c(c(=O)n1C2)COC(=O)C3(CC)OC(=O)OCC(NC(=O)C(CCCCN)NC(=O)COCC(=O)NCCOC(C)CCn1cc(C)nn1)C(C)C. The zero-order valence-electron chi connectivity index (χ0n) is 39.6. The van der Waals surface area contributed by atoms with Crippen molar-refractivity contribution >= 4 is 40.7 Å². The van der Waals surface area contributed by atoms with Crippen LogP contribution < -0.4 is 27.2 Å². The number of hydrogen-bond donors (Lipinski definition) is 5. The number of esters is 1. The van der Waals surface area contributed by atoms with Crippen molar-refractivity contribution in [3.05, 3.63) is 68.8 Å². The number of nitrogens with one attached hydrogen (secondary N) is 3. The highest BCUT2D eigenvalue weighted by Crippen LogP contribution is 2.42. The second-order valence-corrected chi connectivity index (χ2v) is 17.4. The number of benzene rings is 1. The molecular weight excluding hydrogens is 883 g/mol. The number of fused-ring (bicyclic) bond motifs is 5. The van der Waals surface area contributed by atoms with Crippen molar-refractivity contribution in [2.24, 2.45) is 11.7 Å². The summed E-state index contributed by atoms with van der Waals surface area (Å²) in [5, 5.41) is 27.2. The van der Waals surface area contributed by atoms with E-state index in [1.165, 1.54) is 6.07 Å². The number of unbranched alkanes of at least 4 members (excludes halogenated alkanes) is 1. The monoisotopic (exact) mass is 945 g/mol. The topological polar surface area (TPSA) is 279 Å². The van der Waals surface area contributed by atoms with Gasteiger partial charge < -0.3 is 55.0 Å². The smallest absolute Gasteiger partial charge is 0.508 e. The Morgan fingerprint density at radius 3 is 2.50 bits per heavy atom. The number of nitrogens with zero attached hydrogens (tertiary/aromatic N) is 5. The number of rotatable bonds is 24. The lowest BCUT2D eigenvalue weighted by Gasteiger charge is -2.35. The summed E-state index contributed by atoms with van der Waals surface area (Å²) < 4.78 is 31.3. The van der Waals surface area contributed by atoms with E-state index in [2.05, 4.69) is 26.3 Å².